The van der Waals surface area contributed by atoms with Crippen LogP contribution in [0.4, 0.5) is 0 Å². The molecule has 5 heteroatoms. The van der Waals surface area contributed by atoms with E-state index in [1.165, 1.54) is 24.2 Å². The Labute approximate surface area is 134 Å². The number of hydrogen-bond donors (Lipinski definition) is 2. The van der Waals surface area contributed by atoms with Gasteiger partial charge in [0.05, 0.1) is 7.11 Å². The third-order valence-electron chi connectivity index (χ3n) is 3.91. The number of thiophene rings is 1. The molecular formula is C17H20N2O2S. The van der Waals surface area contributed by atoms with E-state index in [9.17, 15) is 4.79 Å². The summed E-state index contributed by atoms with van der Waals surface area (Å²) in [7, 11) is 1.59. The van der Waals surface area contributed by atoms with Gasteiger partial charge in [0.1, 0.15) is 10.6 Å². The van der Waals surface area contributed by atoms with Gasteiger partial charge >= 0.3 is 0 Å². The van der Waals surface area contributed by atoms with E-state index in [2.05, 4.69) is 5.32 Å². The Kier molecular flexibility index (Phi) is 4.45. The van der Waals surface area contributed by atoms with Crippen molar-refractivity contribution >= 4 is 17.2 Å². The van der Waals surface area contributed by atoms with E-state index in [-0.39, 0.29) is 11.9 Å². The molecule has 3 rings (SSSR count). The van der Waals surface area contributed by atoms with Crippen molar-refractivity contribution in [1.29, 1.82) is 0 Å². The van der Waals surface area contributed by atoms with Crippen molar-refractivity contribution in [2.45, 2.75) is 18.9 Å². The Morgan fingerprint density at radius 2 is 2.14 bits per heavy atom. The van der Waals surface area contributed by atoms with E-state index < -0.39 is 0 Å². The number of methoxy groups -OCH3 is 1. The molecule has 1 aliphatic carbocycles. The quantitative estimate of drug-likeness (QED) is 0.861. The van der Waals surface area contributed by atoms with Crippen LogP contribution in [0, 0.1) is 5.92 Å². The van der Waals surface area contributed by atoms with Gasteiger partial charge in [-0.15, -0.1) is 11.3 Å². The summed E-state index contributed by atoms with van der Waals surface area (Å²) < 4.78 is 5.35. The molecular weight excluding hydrogens is 296 g/mol. The van der Waals surface area contributed by atoms with Crippen LogP contribution in [0.5, 0.6) is 5.75 Å². The fraction of sp³-hybridized carbons (Fsp3) is 0.353. The molecule has 0 spiro atoms. The lowest BCUT2D eigenvalue weighted by Gasteiger charge is -2.11. The first-order chi connectivity index (χ1) is 10.7. The van der Waals surface area contributed by atoms with Crippen LogP contribution in [0.2, 0.25) is 0 Å². The van der Waals surface area contributed by atoms with Crippen LogP contribution in [0.15, 0.2) is 36.4 Å². The molecule has 1 aromatic carbocycles. The molecule has 1 aliphatic rings. The van der Waals surface area contributed by atoms with Crippen LogP contribution >= 0.6 is 11.3 Å². The second-order valence-corrected chi connectivity index (χ2v) is 6.64. The van der Waals surface area contributed by atoms with E-state index in [0.29, 0.717) is 23.1 Å². The SMILES string of the molecule is COc1cc(-c2ccccc2)sc1C(=O)NCC(N)C1CC1. The number of rotatable bonds is 6. The van der Waals surface area contributed by atoms with Crippen LogP contribution in [0.3, 0.4) is 0 Å². The maximum absolute atomic E-state index is 12.4. The molecule has 0 saturated heterocycles. The first kappa shape index (κ1) is 15.1. The molecule has 1 unspecified atom stereocenters. The molecule has 1 aromatic heterocycles. The van der Waals surface area contributed by atoms with Gasteiger partial charge in [-0.3, -0.25) is 4.79 Å². The Morgan fingerprint density at radius 1 is 1.41 bits per heavy atom. The van der Waals surface area contributed by atoms with Crippen molar-refractivity contribution in [3.05, 3.63) is 41.3 Å². The maximum Gasteiger partial charge on any atom is 0.265 e. The molecule has 1 heterocycles. The summed E-state index contributed by atoms with van der Waals surface area (Å²) in [6.07, 6.45) is 2.36. The Hall–Kier alpha value is -1.85. The summed E-state index contributed by atoms with van der Waals surface area (Å²) in [5, 5.41) is 2.93. The van der Waals surface area contributed by atoms with Crippen LogP contribution in [-0.2, 0) is 0 Å². The molecule has 3 N–H and O–H groups in total. The summed E-state index contributed by atoms with van der Waals surface area (Å²) in [6.45, 7) is 0.519. The lowest BCUT2D eigenvalue weighted by Crippen LogP contribution is -2.38. The van der Waals surface area contributed by atoms with Crippen molar-refractivity contribution in [2.24, 2.45) is 11.7 Å². The highest BCUT2D eigenvalue weighted by Crippen LogP contribution is 2.36. The number of amides is 1. The van der Waals surface area contributed by atoms with Gasteiger partial charge in [-0.25, -0.2) is 0 Å². The molecule has 0 radical (unpaired) electrons. The number of ether oxygens (including phenoxy) is 1. The van der Waals surface area contributed by atoms with E-state index in [0.717, 1.165) is 10.4 Å². The highest BCUT2D eigenvalue weighted by molar-refractivity contribution is 7.17. The maximum atomic E-state index is 12.4. The third-order valence-corrected chi connectivity index (χ3v) is 5.07. The number of nitrogens with two attached hydrogens (primary N) is 1. The fourth-order valence-corrected chi connectivity index (χ4v) is 3.46. The van der Waals surface area contributed by atoms with Gasteiger partial charge in [0.2, 0.25) is 0 Å². The summed E-state index contributed by atoms with van der Waals surface area (Å²) in [5.41, 5.74) is 7.11. The number of benzene rings is 1. The minimum atomic E-state index is -0.111. The van der Waals surface area contributed by atoms with E-state index in [1.54, 1.807) is 7.11 Å². The Bertz CT molecular complexity index is 650. The smallest absolute Gasteiger partial charge is 0.265 e. The van der Waals surface area contributed by atoms with Crippen molar-refractivity contribution in [2.75, 3.05) is 13.7 Å². The molecule has 116 valence electrons. The Morgan fingerprint density at radius 3 is 2.77 bits per heavy atom. The number of carbonyl (C=O) groups excluding carboxylic acids is 1. The second-order valence-electron chi connectivity index (χ2n) is 5.59. The predicted octanol–water partition coefficient (Wildman–Crippen LogP) is 2.89. The molecule has 0 aliphatic heterocycles. The number of nitrogens with one attached hydrogen (secondary N) is 1. The van der Waals surface area contributed by atoms with E-state index in [4.69, 9.17) is 10.5 Å². The van der Waals surface area contributed by atoms with Gasteiger partial charge in [-0.2, -0.15) is 0 Å². The zero-order valence-electron chi connectivity index (χ0n) is 12.5. The lowest BCUT2D eigenvalue weighted by atomic mass is 10.2. The van der Waals surface area contributed by atoms with Gasteiger partial charge in [0.15, 0.2) is 0 Å². The van der Waals surface area contributed by atoms with Gasteiger partial charge in [-0.05, 0) is 30.4 Å². The van der Waals surface area contributed by atoms with Gasteiger partial charge < -0.3 is 15.8 Å². The van der Waals surface area contributed by atoms with Crippen LogP contribution < -0.4 is 15.8 Å². The largest absolute Gasteiger partial charge is 0.495 e. The molecule has 2 aromatic rings. The monoisotopic (exact) mass is 316 g/mol. The summed E-state index contributed by atoms with van der Waals surface area (Å²) in [4.78, 5) is 14.0. The normalized spacial score (nSPS) is 15.4. The summed E-state index contributed by atoms with van der Waals surface area (Å²) in [6, 6.07) is 12.0. The Balaban J connectivity index is 1.74. The third kappa shape index (κ3) is 3.31. The fourth-order valence-electron chi connectivity index (χ4n) is 2.41. The second kappa shape index (κ2) is 6.50. The van der Waals surface area contributed by atoms with Crippen molar-refractivity contribution in [3.63, 3.8) is 0 Å². The molecule has 1 fully saturated rings. The zero-order valence-corrected chi connectivity index (χ0v) is 13.4. The average molecular weight is 316 g/mol. The molecule has 1 atom stereocenters. The predicted molar refractivity (Wildman–Crippen MR) is 89.3 cm³/mol. The van der Waals surface area contributed by atoms with Crippen molar-refractivity contribution in [3.8, 4) is 16.2 Å². The molecule has 0 bridgehead atoms. The standard InChI is InChI=1S/C17H20N2O2S/c1-21-14-9-15(12-5-3-2-4-6-12)22-16(14)17(20)19-10-13(18)11-7-8-11/h2-6,9,11,13H,7-8,10,18H2,1H3,(H,19,20). The van der Waals surface area contributed by atoms with Gasteiger partial charge in [-0.1, -0.05) is 30.3 Å². The van der Waals surface area contributed by atoms with Crippen LogP contribution in [0.1, 0.15) is 22.5 Å². The minimum Gasteiger partial charge on any atom is -0.495 e. The van der Waals surface area contributed by atoms with Gasteiger partial charge in [0.25, 0.3) is 5.91 Å². The minimum absolute atomic E-state index is 0.0588. The highest BCUT2D eigenvalue weighted by Gasteiger charge is 2.29. The number of hydrogen-bond acceptors (Lipinski definition) is 4. The lowest BCUT2D eigenvalue weighted by molar-refractivity contribution is 0.0951. The molecule has 1 amide bonds. The zero-order chi connectivity index (χ0) is 15.5. The van der Waals surface area contributed by atoms with Crippen LogP contribution in [0.25, 0.3) is 10.4 Å². The van der Waals surface area contributed by atoms with E-state index in [1.807, 2.05) is 36.4 Å². The van der Waals surface area contributed by atoms with Crippen LogP contribution in [-0.4, -0.2) is 25.6 Å². The van der Waals surface area contributed by atoms with Crippen molar-refractivity contribution in [1.82, 2.24) is 5.32 Å². The summed E-state index contributed by atoms with van der Waals surface area (Å²) in [5.74, 6) is 1.08. The topological polar surface area (TPSA) is 64.3 Å². The molecule has 1 saturated carbocycles. The highest BCUT2D eigenvalue weighted by atomic mass is 32.1. The van der Waals surface area contributed by atoms with E-state index >= 15 is 0 Å². The molecule has 22 heavy (non-hydrogen) atoms. The van der Waals surface area contributed by atoms with Crippen molar-refractivity contribution < 1.29 is 9.53 Å². The first-order valence-electron chi connectivity index (χ1n) is 7.46. The van der Waals surface area contributed by atoms with Gasteiger partial charge in [0, 0.05) is 17.5 Å². The number of carbonyl (C=O) groups is 1. The summed E-state index contributed by atoms with van der Waals surface area (Å²) >= 11 is 1.44. The first-order valence-corrected chi connectivity index (χ1v) is 8.27. The molecule has 4 nitrogen and oxygen atoms in total. The average Bonchev–Trinajstić information content (AvgIpc) is 3.32.